The molecule has 0 spiro atoms. The quantitative estimate of drug-likeness (QED) is 0.818. The van der Waals surface area contributed by atoms with Gasteiger partial charge in [0.1, 0.15) is 0 Å². The third kappa shape index (κ3) is 6.34. The molecule has 94 valence electrons. The van der Waals surface area contributed by atoms with Crippen molar-refractivity contribution in [3.05, 3.63) is 35.9 Å². The fourth-order valence-corrected chi connectivity index (χ4v) is 0.828. The van der Waals surface area contributed by atoms with Gasteiger partial charge in [0.25, 0.3) is 0 Å². The zero-order valence-electron chi connectivity index (χ0n) is 8.99. The van der Waals surface area contributed by atoms with Crippen molar-refractivity contribution in [3.63, 3.8) is 0 Å². The Hall–Kier alpha value is -1.85. The first-order valence-corrected chi connectivity index (χ1v) is 4.67. The Kier molecular flexibility index (Phi) is 5.95. The number of rotatable bonds is 2. The molecule has 0 saturated carbocycles. The smallest absolute Gasteiger partial charge is 0.475 e. The Morgan fingerprint density at radius 2 is 1.59 bits per heavy atom. The minimum atomic E-state index is -5.08. The van der Waals surface area contributed by atoms with E-state index in [1.54, 1.807) is 0 Å². The zero-order valence-corrected chi connectivity index (χ0v) is 8.99. The lowest BCUT2D eigenvalue weighted by Gasteiger charge is -1.93. The monoisotopic (exact) mass is 248 g/mol. The second kappa shape index (κ2) is 6.67. The number of halogens is 3. The average molecular weight is 248 g/mol. The number of hydrogen-bond donors (Lipinski definition) is 1. The van der Waals surface area contributed by atoms with E-state index >= 15 is 0 Å². The first-order chi connectivity index (χ1) is 7.79. The van der Waals surface area contributed by atoms with E-state index in [0.717, 1.165) is 5.56 Å². The maximum Gasteiger partial charge on any atom is 0.490 e. The summed E-state index contributed by atoms with van der Waals surface area (Å²) in [6.45, 7) is 1.87. The molecule has 6 heteroatoms. The van der Waals surface area contributed by atoms with Crippen LogP contribution in [0.15, 0.2) is 30.3 Å². The molecule has 0 atom stereocenters. The molecule has 0 aliphatic carbocycles. The first kappa shape index (κ1) is 15.2. The summed E-state index contributed by atoms with van der Waals surface area (Å²) in [6.07, 6.45) is -4.50. The van der Waals surface area contributed by atoms with Gasteiger partial charge in [-0.05, 0) is 0 Å². The largest absolute Gasteiger partial charge is 0.490 e. The maximum atomic E-state index is 11.0. The molecule has 3 nitrogen and oxygen atoms in total. The molecule has 1 rings (SSSR count). The van der Waals surface area contributed by atoms with Gasteiger partial charge in [-0.3, -0.25) is 4.79 Å². The van der Waals surface area contributed by atoms with Crippen molar-refractivity contribution in [3.8, 4) is 0 Å². The van der Waals surface area contributed by atoms with Crippen LogP contribution in [0.25, 0.3) is 0 Å². The van der Waals surface area contributed by atoms with Crippen LogP contribution in [0, 0.1) is 0 Å². The van der Waals surface area contributed by atoms with Crippen molar-refractivity contribution in [1.29, 1.82) is 0 Å². The van der Waals surface area contributed by atoms with Crippen LogP contribution >= 0.6 is 0 Å². The SMILES string of the molecule is CCC(=O)c1ccccc1.O=C(O)C(F)(F)F. The van der Waals surface area contributed by atoms with Crippen LogP contribution in [-0.4, -0.2) is 23.0 Å². The highest BCUT2D eigenvalue weighted by Gasteiger charge is 2.38. The van der Waals surface area contributed by atoms with Gasteiger partial charge in [0.05, 0.1) is 0 Å². The molecule has 0 aliphatic heterocycles. The molecule has 17 heavy (non-hydrogen) atoms. The zero-order chi connectivity index (χ0) is 13.5. The van der Waals surface area contributed by atoms with Crippen LogP contribution in [0.5, 0.6) is 0 Å². The van der Waals surface area contributed by atoms with Gasteiger partial charge < -0.3 is 5.11 Å². The number of carbonyl (C=O) groups excluding carboxylic acids is 1. The molecule has 1 aromatic rings. The van der Waals surface area contributed by atoms with Gasteiger partial charge in [-0.25, -0.2) is 4.79 Å². The van der Waals surface area contributed by atoms with E-state index < -0.39 is 12.1 Å². The van der Waals surface area contributed by atoms with Gasteiger partial charge in [-0.2, -0.15) is 13.2 Å². The summed E-state index contributed by atoms with van der Waals surface area (Å²) < 4.78 is 31.7. The molecule has 0 saturated heterocycles. The van der Waals surface area contributed by atoms with Gasteiger partial charge in [-0.15, -0.1) is 0 Å². The van der Waals surface area contributed by atoms with Crippen LogP contribution in [0.2, 0.25) is 0 Å². The number of Topliss-reactive ketones (excluding diaryl/α,β-unsaturated/α-hetero) is 1. The second-order valence-corrected chi connectivity index (χ2v) is 2.95. The Bertz CT molecular complexity index is 371. The molecule has 1 N–H and O–H groups in total. The predicted molar refractivity (Wildman–Crippen MR) is 54.8 cm³/mol. The van der Waals surface area contributed by atoms with Crippen molar-refractivity contribution in [2.75, 3.05) is 0 Å². The van der Waals surface area contributed by atoms with Gasteiger partial charge in [0, 0.05) is 12.0 Å². The summed E-state index contributed by atoms with van der Waals surface area (Å²) in [5, 5.41) is 7.12. The summed E-state index contributed by atoms with van der Waals surface area (Å²) >= 11 is 0. The molecule has 0 amide bonds. The highest BCUT2D eigenvalue weighted by atomic mass is 19.4. The third-order valence-corrected chi connectivity index (χ3v) is 1.66. The molecule has 0 heterocycles. The van der Waals surface area contributed by atoms with Crippen LogP contribution in [0.1, 0.15) is 23.7 Å². The van der Waals surface area contributed by atoms with Crippen molar-refractivity contribution in [2.24, 2.45) is 0 Å². The summed E-state index contributed by atoms with van der Waals surface area (Å²) in [7, 11) is 0. The normalized spacial score (nSPS) is 10.1. The molecule has 0 aliphatic rings. The second-order valence-electron chi connectivity index (χ2n) is 2.95. The standard InChI is InChI=1S/C9H10O.C2HF3O2/c1-2-9(10)8-6-4-3-5-7-8;3-2(4,5)1(6)7/h3-7H,2H2,1H3;(H,6,7). The summed E-state index contributed by atoms with van der Waals surface area (Å²) in [5.41, 5.74) is 0.810. The Labute approximate surface area is 95.9 Å². The number of alkyl halides is 3. The number of ketones is 1. The highest BCUT2D eigenvalue weighted by molar-refractivity contribution is 5.95. The highest BCUT2D eigenvalue weighted by Crippen LogP contribution is 2.13. The van der Waals surface area contributed by atoms with E-state index in [9.17, 15) is 18.0 Å². The van der Waals surface area contributed by atoms with E-state index in [4.69, 9.17) is 9.90 Å². The van der Waals surface area contributed by atoms with E-state index in [-0.39, 0.29) is 5.78 Å². The van der Waals surface area contributed by atoms with Crippen LogP contribution in [0.3, 0.4) is 0 Å². The number of carboxylic acid groups (broad SMARTS) is 1. The van der Waals surface area contributed by atoms with Crippen molar-refractivity contribution < 1.29 is 27.9 Å². The number of benzene rings is 1. The number of carboxylic acids is 1. The lowest BCUT2D eigenvalue weighted by Crippen LogP contribution is -2.21. The van der Waals surface area contributed by atoms with E-state index in [0.29, 0.717) is 6.42 Å². The molecular weight excluding hydrogens is 237 g/mol. The van der Waals surface area contributed by atoms with Crippen molar-refractivity contribution >= 4 is 11.8 Å². The minimum absolute atomic E-state index is 0.209. The lowest BCUT2D eigenvalue weighted by atomic mass is 10.1. The predicted octanol–water partition coefficient (Wildman–Crippen LogP) is 2.91. The van der Waals surface area contributed by atoms with Gasteiger partial charge in [0.15, 0.2) is 5.78 Å². The van der Waals surface area contributed by atoms with Crippen LogP contribution in [0.4, 0.5) is 13.2 Å². The van der Waals surface area contributed by atoms with Gasteiger partial charge in [0.2, 0.25) is 0 Å². The van der Waals surface area contributed by atoms with E-state index in [1.807, 2.05) is 37.3 Å². The summed E-state index contributed by atoms with van der Waals surface area (Å²) in [5.74, 6) is -2.55. The topological polar surface area (TPSA) is 54.4 Å². The summed E-state index contributed by atoms with van der Waals surface area (Å²) in [6, 6.07) is 9.34. The number of carbonyl (C=O) groups is 2. The fraction of sp³-hybridized carbons (Fsp3) is 0.273. The molecule has 0 fully saturated rings. The van der Waals surface area contributed by atoms with Crippen molar-refractivity contribution in [1.82, 2.24) is 0 Å². The van der Waals surface area contributed by atoms with E-state index in [1.165, 1.54) is 0 Å². The minimum Gasteiger partial charge on any atom is -0.475 e. The Balaban J connectivity index is 0.000000325. The third-order valence-electron chi connectivity index (χ3n) is 1.66. The molecule has 0 unspecified atom stereocenters. The fourth-order valence-electron chi connectivity index (χ4n) is 0.828. The van der Waals surface area contributed by atoms with Gasteiger partial charge >= 0.3 is 12.1 Å². The Morgan fingerprint density at radius 1 is 1.18 bits per heavy atom. The molecule has 0 aromatic heterocycles. The van der Waals surface area contributed by atoms with Gasteiger partial charge in [-0.1, -0.05) is 37.3 Å². The Morgan fingerprint density at radius 3 is 1.88 bits per heavy atom. The number of hydrogen-bond acceptors (Lipinski definition) is 2. The first-order valence-electron chi connectivity index (χ1n) is 4.67. The average Bonchev–Trinajstić information content (AvgIpc) is 2.28. The molecule has 0 bridgehead atoms. The lowest BCUT2D eigenvalue weighted by molar-refractivity contribution is -0.192. The molecule has 0 radical (unpaired) electrons. The van der Waals surface area contributed by atoms with Crippen LogP contribution < -0.4 is 0 Å². The maximum absolute atomic E-state index is 11.0. The molecular formula is C11H11F3O3. The summed E-state index contributed by atoms with van der Waals surface area (Å²) in [4.78, 5) is 19.9. The van der Waals surface area contributed by atoms with E-state index in [2.05, 4.69) is 0 Å². The molecule has 1 aromatic carbocycles. The van der Waals surface area contributed by atoms with Crippen LogP contribution in [-0.2, 0) is 4.79 Å². The van der Waals surface area contributed by atoms with Crippen molar-refractivity contribution in [2.45, 2.75) is 19.5 Å². The number of aliphatic carboxylic acids is 1.